The molecule has 0 saturated carbocycles. The molecule has 2 heterocycles. The molecular weight excluding hydrogens is 705 g/mol. The average Bonchev–Trinajstić information content (AvgIpc) is 3.81. The van der Waals surface area contributed by atoms with Crippen molar-refractivity contribution in [2.75, 3.05) is 0 Å². The van der Waals surface area contributed by atoms with Gasteiger partial charge in [0.1, 0.15) is 44.9 Å². The third-order valence-electron chi connectivity index (χ3n) is 10.8. The largest absolute Gasteiger partial charge is 0.505 e. The van der Waals surface area contributed by atoms with E-state index in [9.17, 15) is 19.8 Å². The molecule has 0 atom stereocenters. The van der Waals surface area contributed by atoms with Crippen LogP contribution in [0.5, 0.6) is 11.5 Å². The van der Waals surface area contributed by atoms with Gasteiger partial charge in [-0.25, -0.2) is 0 Å². The molecule has 0 aliphatic carbocycles. The van der Waals surface area contributed by atoms with E-state index in [2.05, 4.69) is 72.6 Å². The lowest BCUT2D eigenvalue weighted by Crippen LogP contribution is -2.39. The third-order valence-corrected chi connectivity index (χ3v) is 10.8. The summed E-state index contributed by atoms with van der Waals surface area (Å²) in [7, 11) is 0. The Kier molecular flexibility index (Phi) is 12.1. The van der Waals surface area contributed by atoms with Crippen LogP contribution in [0.15, 0.2) is 72.8 Å². The fourth-order valence-corrected chi connectivity index (χ4v) is 7.08. The monoisotopic (exact) mass is 758 g/mol. The first-order chi connectivity index (χ1) is 26.8. The van der Waals surface area contributed by atoms with Crippen molar-refractivity contribution in [2.24, 2.45) is 0 Å². The number of carbonyl (C=O) groups excluding carboxylic acids is 2. The molecule has 12 nitrogen and oxygen atoms in total. The van der Waals surface area contributed by atoms with Gasteiger partial charge in [-0.2, -0.15) is 0 Å². The van der Waals surface area contributed by atoms with Crippen LogP contribution in [0.25, 0.3) is 33.4 Å². The third kappa shape index (κ3) is 8.85. The Labute approximate surface area is 328 Å². The topological polar surface area (TPSA) is 160 Å². The molecule has 56 heavy (non-hydrogen) atoms. The second-order valence-corrected chi connectivity index (χ2v) is 16.0. The van der Waals surface area contributed by atoms with Gasteiger partial charge in [0.05, 0.1) is 0 Å². The average molecular weight is 759 g/mol. The number of benzene rings is 4. The summed E-state index contributed by atoms with van der Waals surface area (Å²) < 4.78 is 0. The van der Waals surface area contributed by atoms with E-state index in [0.717, 1.165) is 62.5 Å². The molecule has 0 unspecified atom stereocenters. The van der Waals surface area contributed by atoms with E-state index >= 15 is 0 Å². The predicted molar refractivity (Wildman–Crippen MR) is 219 cm³/mol. The van der Waals surface area contributed by atoms with Crippen LogP contribution in [0.4, 0.5) is 0 Å². The van der Waals surface area contributed by atoms with Crippen molar-refractivity contribution in [1.82, 2.24) is 40.6 Å². The lowest BCUT2D eigenvalue weighted by atomic mass is 9.79. The van der Waals surface area contributed by atoms with E-state index in [1.54, 1.807) is 0 Å². The molecule has 0 saturated heterocycles. The quantitative estimate of drug-likeness (QED) is 0.0568. The molecule has 0 spiro atoms. The summed E-state index contributed by atoms with van der Waals surface area (Å²) >= 11 is 0. The van der Waals surface area contributed by atoms with Gasteiger partial charge in [-0.15, -0.1) is 30.0 Å². The Bertz CT molecular complexity index is 2110. The standard InChI is InChI=1S/C44H54N8O4/c1-7-9-15-21-43(3,4)31-23-29(39(53)37(25-31)51-47-33-17-11-12-18-34(33)48-51)27-45-41(55)42(56)46-28-30-24-32(44(5,6)22-16-10-8-2)26-38(40(30)54)52-49-35-19-13-14-20-36(35)50-52/h11-14,17-20,23-26,53-54H,7-10,15-16,21-22,27-28H2,1-6H3,(H,45,55)(H,46,56). The fraction of sp³-hybridized carbons (Fsp3) is 0.409. The lowest BCUT2D eigenvalue weighted by Gasteiger charge is -2.27. The summed E-state index contributed by atoms with van der Waals surface area (Å²) in [5.41, 5.74) is 5.79. The van der Waals surface area contributed by atoms with Crippen LogP contribution in [0, 0.1) is 0 Å². The van der Waals surface area contributed by atoms with Crippen molar-refractivity contribution < 1.29 is 19.8 Å². The molecule has 294 valence electrons. The van der Waals surface area contributed by atoms with Crippen molar-refractivity contribution in [3.05, 3.63) is 95.1 Å². The maximum Gasteiger partial charge on any atom is 0.309 e. The van der Waals surface area contributed by atoms with E-state index in [1.165, 1.54) is 9.59 Å². The summed E-state index contributed by atoms with van der Waals surface area (Å²) in [4.78, 5) is 29.4. The molecule has 0 fully saturated rings. The number of phenolic OH excluding ortho intramolecular Hbond substituents is 2. The van der Waals surface area contributed by atoms with Gasteiger partial charge in [-0.1, -0.05) is 104 Å². The highest BCUT2D eigenvalue weighted by Gasteiger charge is 2.27. The Hall–Kier alpha value is -5.78. The number of rotatable bonds is 16. The number of carbonyl (C=O) groups is 2. The second-order valence-electron chi connectivity index (χ2n) is 16.0. The number of amides is 2. The van der Waals surface area contributed by atoms with Gasteiger partial charge < -0.3 is 20.8 Å². The highest BCUT2D eigenvalue weighted by molar-refractivity contribution is 6.35. The van der Waals surface area contributed by atoms with Crippen molar-refractivity contribution >= 4 is 33.9 Å². The number of nitrogens with one attached hydrogen (secondary N) is 2. The Balaban J connectivity index is 1.23. The number of hydrogen-bond acceptors (Lipinski definition) is 8. The number of nitrogens with zero attached hydrogens (tertiary/aromatic N) is 6. The molecule has 6 aromatic rings. The van der Waals surface area contributed by atoms with Crippen molar-refractivity contribution in [3.8, 4) is 22.9 Å². The van der Waals surface area contributed by atoms with E-state index in [-0.39, 0.29) is 35.4 Å². The molecule has 4 aromatic carbocycles. The minimum Gasteiger partial charge on any atom is -0.505 e. The van der Waals surface area contributed by atoms with Gasteiger partial charge in [0.2, 0.25) is 0 Å². The Morgan fingerprint density at radius 3 is 1.23 bits per heavy atom. The van der Waals surface area contributed by atoms with Crippen molar-refractivity contribution in [2.45, 2.75) is 117 Å². The molecule has 2 amide bonds. The van der Waals surface area contributed by atoms with Crippen molar-refractivity contribution in [1.29, 1.82) is 0 Å². The van der Waals surface area contributed by atoms with E-state index in [4.69, 9.17) is 0 Å². The van der Waals surface area contributed by atoms with Crippen LogP contribution >= 0.6 is 0 Å². The fourth-order valence-electron chi connectivity index (χ4n) is 7.08. The van der Waals surface area contributed by atoms with Gasteiger partial charge in [0.25, 0.3) is 0 Å². The minimum absolute atomic E-state index is 0.0881. The summed E-state index contributed by atoms with van der Waals surface area (Å²) in [5.74, 6) is -1.93. The Morgan fingerprint density at radius 2 is 0.911 bits per heavy atom. The molecule has 6 rings (SSSR count). The van der Waals surface area contributed by atoms with E-state index in [0.29, 0.717) is 44.6 Å². The van der Waals surface area contributed by atoms with E-state index in [1.807, 2.05) is 72.8 Å². The summed E-state index contributed by atoms with van der Waals surface area (Å²) in [6.45, 7) is 12.8. The molecular formula is C44H54N8O4. The highest BCUT2D eigenvalue weighted by Crippen LogP contribution is 2.38. The van der Waals surface area contributed by atoms with Gasteiger partial charge in [0.15, 0.2) is 0 Å². The zero-order valence-electron chi connectivity index (χ0n) is 33.4. The number of aromatic nitrogens is 6. The molecule has 0 bridgehead atoms. The maximum atomic E-state index is 13.3. The zero-order chi connectivity index (χ0) is 40.0. The predicted octanol–water partition coefficient (Wildman–Crippen LogP) is 8.21. The SMILES string of the molecule is CCCCCC(C)(C)c1cc(CNC(=O)C(=O)NCc2cc(C(C)(C)CCCCC)cc(-n3nc4ccccc4n3)c2O)c(O)c(-n2nc3ccccc3n2)c1. The van der Waals surface area contributed by atoms with Crippen LogP contribution in [0.1, 0.15) is 115 Å². The number of unbranched alkanes of at least 4 members (excludes halogenated alkanes) is 4. The van der Waals surface area contributed by atoms with Gasteiger partial charge in [-0.05, 0) is 83.3 Å². The number of phenols is 2. The van der Waals surface area contributed by atoms with Crippen LogP contribution in [0.3, 0.4) is 0 Å². The Morgan fingerprint density at radius 1 is 0.571 bits per heavy atom. The summed E-state index contributed by atoms with van der Waals surface area (Å²) in [6.07, 6.45) is 8.34. The molecule has 0 radical (unpaired) electrons. The zero-order valence-corrected chi connectivity index (χ0v) is 33.4. The van der Waals surface area contributed by atoms with Gasteiger partial charge in [-0.3, -0.25) is 9.59 Å². The molecule has 12 heteroatoms. The normalized spacial score (nSPS) is 12.0. The maximum absolute atomic E-state index is 13.3. The van der Waals surface area contributed by atoms with E-state index < -0.39 is 11.8 Å². The molecule has 0 aliphatic heterocycles. The lowest BCUT2D eigenvalue weighted by molar-refractivity contribution is -0.139. The van der Waals surface area contributed by atoms with Crippen molar-refractivity contribution in [3.63, 3.8) is 0 Å². The number of fused-ring (bicyclic) bond motifs is 2. The number of hydrogen-bond donors (Lipinski definition) is 4. The minimum atomic E-state index is -0.878. The first-order valence-electron chi connectivity index (χ1n) is 19.7. The smallest absolute Gasteiger partial charge is 0.309 e. The highest BCUT2D eigenvalue weighted by atomic mass is 16.3. The van der Waals surface area contributed by atoms with Crippen LogP contribution in [0.2, 0.25) is 0 Å². The van der Waals surface area contributed by atoms with Gasteiger partial charge in [0, 0.05) is 24.2 Å². The van der Waals surface area contributed by atoms with Crippen LogP contribution < -0.4 is 10.6 Å². The summed E-state index contributed by atoms with van der Waals surface area (Å²) in [6, 6.07) is 22.5. The molecule has 2 aromatic heterocycles. The van der Waals surface area contributed by atoms with Gasteiger partial charge >= 0.3 is 11.8 Å². The first-order valence-corrected chi connectivity index (χ1v) is 19.7. The molecule has 4 N–H and O–H groups in total. The summed E-state index contributed by atoms with van der Waals surface area (Å²) in [5, 5.41) is 46.9. The molecule has 0 aliphatic rings. The van der Waals surface area contributed by atoms with Crippen LogP contribution in [-0.4, -0.2) is 52.0 Å². The second kappa shape index (κ2) is 16.9. The van der Waals surface area contributed by atoms with Crippen LogP contribution in [-0.2, 0) is 33.5 Å². The number of aromatic hydroxyl groups is 2. The first kappa shape index (κ1) is 39.9.